The summed E-state index contributed by atoms with van der Waals surface area (Å²) in [6, 6.07) is -0.539. The summed E-state index contributed by atoms with van der Waals surface area (Å²) in [6.07, 6.45) is 4.46. The third-order valence-electron chi connectivity index (χ3n) is 2.01. The maximum atomic E-state index is 11.4. The Balaban J connectivity index is 2.27. The second-order valence-corrected chi connectivity index (χ2v) is 3.32. The van der Waals surface area contributed by atoms with E-state index in [9.17, 15) is 4.79 Å². The molecule has 0 fully saturated rings. The first kappa shape index (κ1) is 11.7. The first-order chi connectivity index (χ1) is 7.24. The summed E-state index contributed by atoms with van der Waals surface area (Å²) >= 11 is 0. The van der Waals surface area contributed by atoms with Crippen molar-refractivity contribution in [1.29, 1.82) is 0 Å². The number of H-pyrrole nitrogens is 1. The Hall–Kier alpha value is -1.40. The lowest BCUT2D eigenvalue weighted by Crippen LogP contribution is -2.42. The van der Waals surface area contributed by atoms with Crippen LogP contribution in [0.15, 0.2) is 12.5 Å². The predicted octanol–water partition coefficient (Wildman–Crippen LogP) is -1.26. The predicted molar refractivity (Wildman–Crippen MR) is 56.9 cm³/mol. The molecule has 0 unspecified atom stereocenters. The van der Waals surface area contributed by atoms with Crippen LogP contribution in [0.1, 0.15) is 12.1 Å². The smallest absolute Gasteiger partial charge is 0.237 e. The number of imidazole rings is 1. The van der Waals surface area contributed by atoms with Gasteiger partial charge in [0.1, 0.15) is 0 Å². The van der Waals surface area contributed by atoms with Crippen molar-refractivity contribution in [1.82, 2.24) is 15.3 Å². The number of hydrogen-bond donors (Lipinski definition) is 4. The molecule has 1 atom stereocenters. The van der Waals surface area contributed by atoms with Crippen LogP contribution in [0.4, 0.5) is 0 Å². The molecule has 1 amide bonds. The molecule has 6 nitrogen and oxygen atoms in total. The monoisotopic (exact) mass is 211 g/mol. The molecule has 0 aliphatic rings. The van der Waals surface area contributed by atoms with Gasteiger partial charge in [0.05, 0.1) is 12.4 Å². The molecule has 0 aliphatic heterocycles. The van der Waals surface area contributed by atoms with Crippen LogP contribution in [-0.4, -0.2) is 35.0 Å². The van der Waals surface area contributed by atoms with Gasteiger partial charge in [0.15, 0.2) is 0 Å². The number of rotatable bonds is 6. The summed E-state index contributed by atoms with van der Waals surface area (Å²) in [5.41, 5.74) is 11.9. The molecule has 0 bridgehead atoms. The Bertz CT molecular complexity index is 285. The molecule has 6 heteroatoms. The highest BCUT2D eigenvalue weighted by molar-refractivity contribution is 5.81. The molecule has 6 N–H and O–H groups in total. The van der Waals surface area contributed by atoms with Crippen molar-refractivity contribution in [2.24, 2.45) is 11.5 Å². The third kappa shape index (κ3) is 4.09. The van der Waals surface area contributed by atoms with Crippen molar-refractivity contribution in [3.05, 3.63) is 18.2 Å². The molecule has 0 aliphatic carbocycles. The van der Waals surface area contributed by atoms with E-state index >= 15 is 0 Å². The van der Waals surface area contributed by atoms with Crippen LogP contribution in [0.3, 0.4) is 0 Å². The highest BCUT2D eigenvalue weighted by Gasteiger charge is 2.13. The lowest BCUT2D eigenvalue weighted by Gasteiger charge is -2.10. The van der Waals surface area contributed by atoms with E-state index in [0.717, 1.165) is 12.1 Å². The molecule has 15 heavy (non-hydrogen) atoms. The Morgan fingerprint density at radius 3 is 3.07 bits per heavy atom. The van der Waals surface area contributed by atoms with Crippen molar-refractivity contribution in [2.75, 3.05) is 13.1 Å². The van der Waals surface area contributed by atoms with Gasteiger partial charge in [-0.05, 0) is 13.0 Å². The van der Waals surface area contributed by atoms with E-state index in [2.05, 4.69) is 15.3 Å². The molecule has 1 aromatic rings. The topological polar surface area (TPSA) is 110 Å². The zero-order valence-electron chi connectivity index (χ0n) is 8.57. The molecule has 0 radical (unpaired) electrons. The fourth-order valence-corrected chi connectivity index (χ4v) is 1.17. The first-order valence-corrected chi connectivity index (χ1v) is 4.94. The molecule has 0 saturated carbocycles. The Kier molecular flexibility index (Phi) is 4.79. The molecule has 84 valence electrons. The fraction of sp³-hybridized carbons (Fsp3) is 0.556. The zero-order chi connectivity index (χ0) is 11.1. The molecule has 1 aromatic heterocycles. The summed E-state index contributed by atoms with van der Waals surface area (Å²) in [5.74, 6) is -0.155. The zero-order valence-corrected chi connectivity index (χ0v) is 8.57. The normalized spacial score (nSPS) is 12.4. The van der Waals surface area contributed by atoms with Gasteiger partial charge in [0, 0.05) is 24.9 Å². The van der Waals surface area contributed by atoms with E-state index in [1.54, 1.807) is 12.5 Å². The number of nitrogens with two attached hydrogens (primary N) is 2. The molecule has 1 rings (SSSR count). The lowest BCUT2D eigenvalue weighted by atomic mass is 10.1. The van der Waals surface area contributed by atoms with Crippen molar-refractivity contribution < 1.29 is 4.79 Å². The van der Waals surface area contributed by atoms with Gasteiger partial charge in [-0.1, -0.05) is 0 Å². The van der Waals surface area contributed by atoms with E-state index in [1.165, 1.54) is 0 Å². The van der Waals surface area contributed by atoms with Gasteiger partial charge in [0.2, 0.25) is 5.91 Å². The third-order valence-corrected chi connectivity index (χ3v) is 2.01. The van der Waals surface area contributed by atoms with Crippen LogP contribution in [0.2, 0.25) is 0 Å². The van der Waals surface area contributed by atoms with Crippen LogP contribution in [0.5, 0.6) is 0 Å². The highest BCUT2D eigenvalue weighted by atomic mass is 16.2. The molecule has 0 aromatic carbocycles. The van der Waals surface area contributed by atoms with Gasteiger partial charge in [-0.3, -0.25) is 4.79 Å². The van der Waals surface area contributed by atoms with Gasteiger partial charge in [-0.2, -0.15) is 0 Å². The summed E-state index contributed by atoms with van der Waals surface area (Å²) in [7, 11) is 0. The standard InChI is InChI=1S/C9H17N5O/c10-2-1-3-13-9(15)8(11)4-7-5-12-6-14-7/h5-6,8H,1-4,10-11H2,(H,12,14)(H,13,15)/t8-/m0/s1. The maximum absolute atomic E-state index is 11.4. The van der Waals surface area contributed by atoms with Crippen LogP contribution >= 0.6 is 0 Å². The number of aromatic nitrogens is 2. The quantitative estimate of drug-likeness (QED) is 0.440. The highest BCUT2D eigenvalue weighted by Crippen LogP contribution is 1.96. The molecule has 0 spiro atoms. The first-order valence-electron chi connectivity index (χ1n) is 4.94. The lowest BCUT2D eigenvalue weighted by molar-refractivity contribution is -0.122. The van der Waals surface area contributed by atoms with E-state index < -0.39 is 6.04 Å². The average Bonchev–Trinajstić information content (AvgIpc) is 2.70. The average molecular weight is 211 g/mol. The molecule has 0 saturated heterocycles. The summed E-state index contributed by atoms with van der Waals surface area (Å²) in [4.78, 5) is 18.2. The van der Waals surface area contributed by atoms with Crippen LogP contribution in [-0.2, 0) is 11.2 Å². The molecular weight excluding hydrogens is 194 g/mol. The molecular formula is C9H17N5O. The van der Waals surface area contributed by atoms with Gasteiger partial charge in [-0.15, -0.1) is 0 Å². The van der Waals surface area contributed by atoms with Gasteiger partial charge in [0.25, 0.3) is 0 Å². The second-order valence-electron chi connectivity index (χ2n) is 3.32. The number of amides is 1. The van der Waals surface area contributed by atoms with E-state index in [0.29, 0.717) is 19.5 Å². The minimum atomic E-state index is -0.539. The van der Waals surface area contributed by atoms with Crippen molar-refractivity contribution in [3.8, 4) is 0 Å². The van der Waals surface area contributed by atoms with Crippen LogP contribution in [0.25, 0.3) is 0 Å². The number of aromatic amines is 1. The SMILES string of the molecule is NCCCNC(=O)[C@@H](N)Cc1cnc[nH]1. The summed E-state index contributed by atoms with van der Waals surface area (Å²) in [6.45, 7) is 1.14. The Morgan fingerprint density at radius 1 is 1.67 bits per heavy atom. The van der Waals surface area contributed by atoms with E-state index in [-0.39, 0.29) is 5.91 Å². The number of carbonyl (C=O) groups excluding carboxylic acids is 1. The number of nitrogens with zero attached hydrogens (tertiary/aromatic N) is 1. The van der Waals surface area contributed by atoms with Crippen molar-refractivity contribution in [3.63, 3.8) is 0 Å². The van der Waals surface area contributed by atoms with Gasteiger partial charge >= 0.3 is 0 Å². The molecule has 1 heterocycles. The number of nitrogens with one attached hydrogen (secondary N) is 2. The van der Waals surface area contributed by atoms with Crippen molar-refractivity contribution in [2.45, 2.75) is 18.9 Å². The fourth-order valence-electron chi connectivity index (χ4n) is 1.17. The Labute approximate surface area is 88.4 Å². The summed E-state index contributed by atoms with van der Waals surface area (Å²) < 4.78 is 0. The summed E-state index contributed by atoms with van der Waals surface area (Å²) in [5, 5.41) is 2.72. The van der Waals surface area contributed by atoms with Crippen LogP contribution in [0, 0.1) is 0 Å². The minimum absolute atomic E-state index is 0.155. The van der Waals surface area contributed by atoms with E-state index in [1.807, 2.05) is 0 Å². The maximum Gasteiger partial charge on any atom is 0.237 e. The van der Waals surface area contributed by atoms with Crippen molar-refractivity contribution >= 4 is 5.91 Å². The van der Waals surface area contributed by atoms with E-state index in [4.69, 9.17) is 11.5 Å². The van der Waals surface area contributed by atoms with Gasteiger partial charge < -0.3 is 21.8 Å². The number of hydrogen-bond acceptors (Lipinski definition) is 4. The second kappa shape index (κ2) is 6.15. The Morgan fingerprint density at radius 2 is 2.47 bits per heavy atom. The van der Waals surface area contributed by atoms with Crippen LogP contribution < -0.4 is 16.8 Å². The number of carbonyl (C=O) groups is 1. The minimum Gasteiger partial charge on any atom is -0.355 e. The van der Waals surface area contributed by atoms with Gasteiger partial charge in [-0.25, -0.2) is 4.98 Å². The largest absolute Gasteiger partial charge is 0.355 e.